The fourth-order valence-corrected chi connectivity index (χ4v) is 12.4. The maximum absolute atomic E-state index is 7.62. The Morgan fingerprint density at radius 1 is 0.446 bits per heavy atom. The van der Waals surface area contributed by atoms with Gasteiger partial charge in [0.05, 0.1) is 0 Å². The number of fused-ring (bicyclic) bond motifs is 3. The maximum atomic E-state index is 7.62. The molecular formula is C63H60Cl2. The first-order valence-electron chi connectivity index (χ1n) is 23.7. The van der Waals surface area contributed by atoms with Crippen molar-refractivity contribution in [2.75, 3.05) is 0 Å². The van der Waals surface area contributed by atoms with Crippen molar-refractivity contribution in [3.05, 3.63) is 153 Å². The highest BCUT2D eigenvalue weighted by Crippen LogP contribution is 2.57. The SMILES string of the molecule is CC(C)Cc1cc2ccc3c(-c4cc(Cl)c5c(c4)C(C)(C)c4cc(-c6cc(C(C)(C)C)c7ccc8cc(C(C)(C)C)cc9ccc6c7c98)cc(Cl)c4-5)cc(C(C)(C)C)c4ccc(c1)c2c34. The van der Waals surface area contributed by atoms with Crippen LogP contribution in [0.3, 0.4) is 0 Å². The zero-order chi connectivity index (χ0) is 46.0. The number of rotatable bonds is 4. The van der Waals surface area contributed by atoms with Crippen LogP contribution in [0.1, 0.15) is 123 Å². The van der Waals surface area contributed by atoms with Crippen LogP contribution in [-0.2, 0) is 28.1 Å². The Bertz CT molecular complexity index is 3590. The summed E-state index contributed by atoms with van der Waals surface area (Å²) in [7, 11) is 0. The van der Waals surface area contributed by atoms with Gasteiger partial charge in [0, 0.05) is 26.6 Å². The molecule has 0 N–H and O–H groups in total. The fourth-order valence-electron chi connectivity index (χ4n) is 11.8. The molecule has 0 fully saturated rings. The molecule has 0 saturated heterocycles. The summed E-state index contributed by atoms with van der Waals surface area (Å²) in [4.78, 5) is 0. The van der Waals surface area contributed by atoms with Crippen molar-refractivity contribution in [3.8, 4) is 33.4 Å². The van der Waals surface area contributed by atoms with Crippen LogP contribution in [0, 0.1) is 5.92 Å². The predicted molar refractivity (Wildman–Crippen MR) is 287 cm³/mol. The summed E-state index contributed by atoms with van der Waals surface area (Å²) in [6, 6.07) is 42.6. The van der Waals surface area contributed by atoms with Gasteiger partial charge in [0.15, 0.2) is 0 Å². The van der Waals surface area contributed by atoms with Gasteiger partial charge in [-0.2, -0.15) is 0 Å². The van der Waals surface area contributed by atoms with Gasteiger partial charge in [0.1, 0.15) is 0 Å². The second kappa shape index (κ2) is 13.9. The Morgan fingerprint density at radius 2 is 0.831 bits per heavy atom. The molecule has 0 saturated carbocycles. The third-order valence-electron chi connectivity index (χ3n) is 15.0. The van der Waals surface area contributed by atoms with Crippen molar-refractivity contribution in [1.82, 2.24) is 0 Å². The van der Waals surface area contributed by atoms with E-state index in [0.717, 1.165) is 38.7 Å². The molecule has 0 spiro atoms. The lowest BCUT2D eigenvalue weighted by molar-refractivity contribution is 0.591. The van der Waals surface area contributed by atoms with Crippen molar-refractivity contribution in [3.63, 3.8) is 0 Å². The lowest BCUT2D eigenvalue weighted by Gasteiger charge is -2.27. The lowest BCUT2D eigenvalue weighted by Crippen LogP contribution is -2.15. The summed E-state index contributed by atoms with van der Waals surface area (Å²) in [6.45, 7) is 30.3. The number of hydrogen-bond acceptors (Lipinski definition) is 0. The normalized spacial score (nSPS) is 14.4. The minimum Gasteiger partial charge on any atom is -0.0836 e. The van der Waals surface area contributed by atoms with Gasteiger partial charge in [-0.3, -0.25) is 0 Å². The second-order valence-electron chi connectivity index (χ2n) is 23.6. The van der Waals surface area contributed by atoms with Crippen LogP contribution in [0.2, 0.25) is 10.0 Å². The smallest absolute Gasteiger partial charge is 0.0494 e. The van der Waals surface area contributed by atoms with Crippen molar-refractivity contribution >= 4 is 87.8 Å². The third-order valence-corrected chi connectivity index (χ3v) is 15.6. The molecule has 10 aromatic carbocycles. The fraction of sp³-hybridized carbons (Fsp3) is 0.302. The van der Waals surface area contributed by atoms with Crippen molar-refractivity contribution in [1.29, 1.82) is 0 Å². The molecule has 0 heterocycles. The highest BCUT2D eigenvalue weighted by Gasteiger charge is 2.40. The Morgan fingerprint density at radius 3 is 1.20 bits per heavy atom. The summed E-state index contributed by atoms with van der Waals surface area (Å²) >= 11 is 15.2. The first-order chi connectivity index (χ1) is 30.5. The van der Waals surface area contributed by atoms with Crippen LogP contribution in [-0.4, -0.2) is 0 Å². The monoisotopic (exact) mass is 886 g/mol. The molecule has 0 atom stereocenters. The molecular weight excluding hydrogens is 828 g/mol. The van der Waals surface area contributed by atoms with Crippen LogP contribution >= 0.6 is 23.2 Å². The van der Waals surface area contributed by atoms with E-state index in [2.05, 4.69) is 199 Å². The maximum Gasteiger partial charge on any atom is 0.0494 e. The van der Waals surface area contributed by atoms with Crippen molar-refractivity contribution in [2.45, 2.75) is 118 Å². The van der Waals surface area contributed by atoms with Gasteiger partial charge in [-0.1, -0.05) is 186 Å². The van der Waals surface area contributed by atoms with E-state index in [0.29, 0.717) is 5.92 Å². The summed E-state index contributed by atoms with van der Waals surface area (Å²) in [5.41, 5.74) is 14.3. The lowest BCUT2D eigenvalue weighted by atomic mass is 9.77. The number of benzene rings is 10. The van der Waals surface area contributed by atoms with E-state index >= 15 is 0 Å². The molecule has 0 aliphatic heterocycles. The average molecular weight is 888 g/mol. The number of hydrogen-bond donors (Lipinski definition) is 0. The van der Waals surface area contributed by atoms with Crippen LogP contribution in [0.25, 0.3) is 98.0 Å². The first kappa shape index (κ1) is 42.5. The Hall–Kier alpha value is -5.14. The van der Waals surface area contributed by atoms with Gasteiger partial charge in [0.2, 0.25) is 0 Å². The molecule has 10 aromatic rings. The average Bonchev–Trinajstić information content (AvgIpc) is 3.46. The zero-order valence-corrected chi connectivity index (χ0v) is 41.9. The van der Waals surface area contributed by atoms with Gasteiger partial charge >= 0.3 is 0 Å². The minimum absolute atomic E-state index is 0.0519. The summed E-state index contributed by atoms with van der Waals surface area (Å²) < 4.78 is 0. The third kappa shape index (κ3) is 6.37. The summed E-state index contributed by atoms with van der Waals surface area (Å²) in [5.74, 6) is 0.597. The van der Waals surface area contributed by atoms with E-state index in [1.165, 1.54) is 109 Å². The Kier molecular flexibility index (Phi) is 9.12. The molecule has 326 valence electrons. The van der Waals surface area contributed by atoms with Gasteiger partial charge in [-0.25, -0.2) is 0 Å². The van der Waals surface area contributed by atoms with E-state index in [1.54, 1.807) is 0 Å². The summed E-state index contributed by atoms with van der Waals surface area (Å²) in [6.07, 6.45) is 1.07. The van der Waals surface area contributed by atoms with Crippen LogP contribution in [0.5, 0.6) is 0 Å². The van der Waals surface area contributed by atoms with Crippen molar-refractivity contribution < 1.29 is 0 Å². The molecule has 0 nitrogen and oxygen atoms in total. The Labute approximate surface area is 395 Å². The van der Waals surface area contributed by atoms with Gasteiger partial charge in [0.25, 0.3) is 0 Å². The highest BCUT2D eigenvalue weighted by atomic mass is 35.5. The molecule has 2 heteroatoms. The van der Waals surface area contributed by atoms with Crippen LogP contribution < -0.4 is 0 Å². The molecule has 1 aliphatic rings. The van der Waals surface area contributed by atoms with E-state index in [9.17, 15) is 0 Å². The van der Waals surface area contributed by atoms with Gasteiger partial charge in [-0.05, 0) is 185 Å². The molecule has 65 heavy (non-hydrogen) atoms. The largest absolute Gasteiger partial charge is 0.0836 e. The van der Waals surface area contributed by atoms with E-state index in [-0.39, 0.29) is 21.7 Å². The second-order valence-corrected chi connectivity index (χ2v) is 24.4. The molecule has 0 aromatic heterocycles. The van der Waals surface area contributed by atoms with Crippen molar-refractivity contribution in [2.24, 2.45) is 5.92 Å². The van der Waals surface area contributed by atoms with Gasteiger partial charge < -0.3 is 0 Å². The summed E-state index contributed by atoms with van der Waals surface area (Å²) in [5, 5.41) is 17.3. The molecule has 0 radical (unpaired) electrons. The van der Waals surface area contributed by atoms with Crippen LogP contribution in [0.15, 0.2) is 109 Å². The highest BCUT2D eigenvalue weighted by molar-refractivity contribution is 6.38. The zero-order valence-electron chi connectivity index (χ0n) is 40.4. The minimum atomic E-state index is -0.368. The van der Waals surface area contributed by atoms with E-state index < -0.39 is 0 Å². The quantitative estimate of drug-likeness (QED) is 0.155. The predicted octanol–water partition coefficient (Wildman–Crippen LogP) is 19.5. The molecule has 0 amide bonds. The molecule has 0 unspecified atom stereocenters. The number of halogens is 2. The van der Waals surface area contributed by atoms with E-state index in [4.69, 9.17) is 23.2 Å². The Balaban J connectivity index is 1.11. The molecule has 0 bridgehead atoms. The standard InChI is InChI=1S/C63H60Cl2/c1-33(2)22-34-23-35-14-18-42-46(31-48(61(6,7)8)44-20-16-36(24-34)54(35)56(42)44)39-27-50-58(52(64)29-39)59-51(63(50,12)13)28-40(30-53(59)65)47-32-49(62(9,10)11)45-21-17-38-26-41(60(3,4)5)25-37-15-19-43(47)57(45)55(37)38/h14-21,23-33H,22H2,1-13H3. The topological polar surface area (TPSA) is 0 Å². The van der Waals surface area contributed by atoms with Gasteiger partial charge in [-0.15, -0.1) is 0 Å². The molecule has 11 rings (SSSR count). The van der Waals surface area contributed by atoms with Crippen LogP contribution in [0.4, 0.5) is 0 Å². The van der Waals surface area contributed by atoms with E-state index in [1.807, 2.05) is 0 Å². The molecule has 1 aliphatic carbocycles. The first-order valence-corrected chi connectivity index (χ1v) is 24.5.